The fourth-order valence-electron chi connectivity index (χ4n) is 2.23. The van der Waals surface area contributed by atoms with Crippen LogP contribution in [0.5, 0.6) is 0 Å². The molecule has 0 aromatic carbocycles. The predicted octanol–water partition coefficient (Wildman–Crippen LogP) is 2.72. The Bertz CT molecular complexity index is 375. The molecule has 1 aromatic heterocycles. The molecule has 2 N–H and O–H groups in total. The number of hydrogen-bond donors (Lipinski definition) is 2. The smallest absolute Gasteiger partial charge is 0.345 e. The molecule has 0 radical (unpaired) electrons. The lowest BCUT2D eigenvalue weighted by Gasteiger charge is -2.10. The van der Waals surface area contributed by atoms with Crippen LogP contribution in [0.4, 0.5) is 0 Å². The molecule has 0 bridgehead atoms. The van der Waals surface area contributed by atoms with Gasteiger partial charge in [-0.1, -0.05) is 6.92 Å². The van der Waals surface area contributed by atoms with Crippen molar-refractivity contribution in [2.45, 2.75) is 38.8 Å². The summed E-state index contributed by atoms with van der Waals surface area (Å²) in [5, 5.41) is 12.3. The van der Waals surface area contributed by atoms with Gasteiger partial charge in [0.1, 0.15) is 4.88 Å². The van der Waals surface area contributed by atoms with Crippen molar-refractivity contribution in [1.82, 2.24) is 5.32 Å². The molecule has 1 heterocycles. The lowest BCUT2D eigenvalue weighted by atomic mass is 10.1. The third kappa shape index (κ3) is 2.83. The maximum Gasteiger partial charge on any atom is 0.345 e. The molecule has 2 atom stereocenters. The Morgan fingerprint density at radius 1 is 1.56 bits per heavy atom. The van der Waals surface area contributed by atoms with E-state index in [0.29, 0.717) is 10.9 Å². The highest BCUT2D eigenvalue weighted by atomic mass is 32.1. The Morgan fingerprint density at radius 3 is 2.94 bits per heavy atom. The second-order valence-electron chi connectivity index (χ2n) is 4.57. The average Bonchev–Trinajstić information content (AvgIpc) is 2.83. The first kappa shape index (κ1) is 11.6. The second-order valence-corrected chi connectivity index (χ2v) is 5.74. The fourth-order valence-corrected chi connectivity index (χ4v) is 3.02. The van der Waals surface area contributed by atoms with E-state index in [2.05, 4.69) is 12.2 Å². The molecular weight excluding hydrogens is 222 g/mol. The highest BCUT2D eigenvalue weighted by Gasteiger charge is 2.20. The molecule has 88 valence electrons. The molecule has 1 aliphatic rings. The first-order valence-corrected chi connectivity index (χ1v) is 6.52. The summed E-state index contributed by atoms with van der Waals surface area (Å²) < 4.78 is 0. The van der Waals surface area contributed by atoms with Crippen molar-refractivity contribution < 1.29 is 9.90 Å². The third-order valence-electron chi connectivity index (χ3n) is 3.13. The summed E-state index contributed by atoms with van der Waals surface area (Å²) in [5.41, 5.74) is 0. The van der Waals surface area contributed by atoms with Gasteiger partial charge in [-0.2, -0.15) is 0 Å². The standard InChI is InChI=1S/C12H17NO2S/c1-8-2-3-9(6-8)13-7-10-4-5-11(16-10)12(14)15/h4-5,8-9,13H,2-3,6-7H2,1H3,(H,14,15). The second kappa shape index (κ2) is 4.97. The first-order valence-electron chi connectivity index (χ1n) is 5.70. The van der Waals surface area contributed by atoms with Gasteiger partial charge < -0.3 is 10.4 Å². The van der Waals surface area contributed by atoms with Gasteiger partial charge in [-0.05, 0) is 37.3 Å². The minimum Gasteiger partial charge on any atom is -0.477 e. The number of carboxylic acids is 1. The van der Waals surface area contributed by atoms with Gasteiger partial charge in [0.25, 0.3) is 0 Å². The van der Waals surface area contributed by atoms with Crippen LogP contribution in [0.15, 0.2) is 12.1 Å². The number of thiophene rings is 1. The van der Waals surface area contributed by atoms with Crippen LogP contribution in [0.25, 0.3) is 0 Å². The number of aromatic carboxylic acids is 1. The summed E-state index contributed by atoms with van der Waals surface area (Å²) in [5.74, 6) is 0.00107. The van der Waals surface area contributed by atoms with Gasteiger partial charge in [0.15, 0.2) is 0 Å². The Balaban J connectivity index is 1.83. The minimum absolute atomic E-state index is 0.427. The number of rotatable bonds is 4. The van der Waals surface area contributed by atoms with Crippen LogP contribution in [0.2, 0.25) is 0 Å². The maximum atomic E-state index is 10.7. The van der Waals surface area contributed by atoms with Crippen LogP contribution in [0.1, 0.15) is 40.7 Å². The Kier molecular flexibility index (Phi) is 3.61. The maximum absolute atomic E-state index is 10.7. The highest BCUT2D eigenvalue weighted by molar-refractivity contribution is 7.13. The summed E-state index contributed by atoms with van der Waals surface area (Å²) in [6, 6.07) is 4.20. The summed E-state index contributed by atoms with van der Waals surface area (Å²) >= 11 is 1.36. The summed E-state index contributed by atoms with van der Waals surface area (Å²) in [4.78, 5) is 12.2. The Labute approximate surface area is 99.5 Å². The summed E-state index contributed by atoms with van der Waals surface area (Å²) in [7, 11) is 0. The van der Waals surface area contributed by atoms with Crippen LogP contribution in [0.3, 0.4) is 0 Å². The minimum atomic E-state index is -0.828. The van der Waals surface area contributed by atoms with E-state index in [1.54, 1.807) is 6.07 Å². The molecule has 3 nitrogen and oxygen atoms in total. The van der Waals surface area contributed by atoms with Crippen molar-refractivity contribution in [3.8, 4) is 0 Å². The van der Waals surface area contributed by atoms with Crippen LogP contribution in [-0.4, -0.2) is 17.1 Å². The van der Waals surface area contributed by atoms with E-state index in [-0.39, 0.29) is 0 Å². The average molecular weight is 239 g/mol. The van der Waals surface area contributed by atoms with E-state index in [1.807, 2.05) is 6.07 Å². The normalized spacial score (nSPS) is 24.8. The van der Waals surface area contributed by atoms with E-state index in [1.165, 1.54) is 30.6 Å². The van der Waals surface area contributed by atoms with Crippen LogP contribution < -0.4 is 5.32 Å². The number of carbonyl (C=O) groups is 1. The van der Waals surface area contributed by atoms with Crippen molar-refractivity contribution in [3.63, 3.8) is 0 Å². The van der Waals surface area contributed by atoms with Gasteiger partial charge in [0.05, 0.1) is 0 Å². The fraction of sp³-hybridized carbons (Fsp3) is 0.583. The van der Waals surface area contributed by atoms with Gasteiger partial charge in [0, 0.05) is 17.5 Å². The topological polar surface area (TPSA) is 49.3 Å². The van der Waals surface area contributed by atoms with Crippen LogP contribution in [-0.2, 0) is 6.54 Å². The molecular formula is C12H17NO2S. The third-order valence-corrected chi connectivity index (χ3v) is 4.21. The van der Waals surface area contributed by atoms with Crippen molar-refractivity contribution in [3.05, 3.63) is 21.9 Å². The van der Waals surface area contributed by atoms with Gasteiger partial charge >= 0.3 is 5.97 Å². The monoisotopic (exact) mass is 239 g/mol. The SMILES string of the molecule is CC1CCC(NCc2ccc(C(=O)O)s2)C1. The molecule has 0 saturated heterocycles. The molecule has 1 saturated carbocycles. The van der Waals surface area contributed by atoms with E-state index in [9.17, 15) is 4.79 Å². The van der Waals surface area contributed by atoms with Crippen molar-refractivity contribution >= 4 is 17.3 Å². The van der Waals surface area contributed by atoms with Crippen LogP contribution >= 0.6 is 11.3 Å². The van der Waals surface area contributed by atoms with E-state index in [4.69, 9.17) is 5.11 Å². The molecule has 0 spiro atoms. The van der Waals surface area contributed by atoms with Gasteiger partial charge in [-0.15, -0.1) is 11.3 Å². The zero-order valence-electron chi connectivity index (χ0n) is 9.40. The Morgan fingerprint density at radius 2 is 2.38 bits per heavy atom. The first-order chi connectivity index (χ1) is 7.65. The van der Waals surface area contributed by atoms with Crippen molar-refractivity contribution in [1.29, 1.82) is 0 Å². The number of hydrogen-bond acceptors (Lipinski definition) is 3. The quantitative estimate of drug-likeness (QED) is 0.849. The zero-order valence-corrected chi connectivity index (χ0v) is 10.2. The van der Waals surface area contributed by atoms with E-state index < -0.39 is 5.97 Å². The lowest BCUT2D eigenvalue weighted by molar-refractivity contribution is 0.0702. The van der Waals surface area contributed by atoms with Gasteiger partial charge in [0.2, 0.25) is 0 Å². The largest absolute Gasteiger partial charge is 0.477 e. The van der Waals surface area contributed by atoms with E-state index >= 15 is 0 Å². The molecule has 1 aliphatic carbocycles. The highest BCUT2D eigenvalue weighted by Crippen LogP contribution is 2.25. The zero-order chi connectivity index (χ0) is 11.5. The van der Waals surface area contributed by atoms with Crippen LogP contribution in [0, 0.1) is 5.92 Å². The molecule has 1 fully saturated rings. The predicted molar refractivity (Wildman–Crippen MR) is 64.9 cm³/mol. The molecule has 1 aromatic rings. The molecule has 4 heteroatoms. The lowest BCUT2D eigenvalue weighted by Crippen LogP contribution is -2.25. The van der Waals surface area contributed by atoms with Gasteiger partial charge in [-0.3, -0.25) is 0 Å². The Hall–Kier alpha value is -0.870. The summed E-state index contributed by atoms with van der Waals surface area (Å²) in [6.07, 6.45) is 3.80. The van der Waals surface area contributed by atoms with Crippen molar-refractivity contribution in [2.75, 3.05) is 0 Å². The molecule has 2 rings (SSSR count). The molecule has 16 heavy (non-hydrogen) atoms. The number of nitrogens with one attached hydrogen (secondary N) is 1. The molecule has 0 aliphatic heterocycles. The van der Waals surface area contributed by atoms with Gasteiger partial charge in [-0.25, -0.2) is 4.79 Å². The van der Waals surface area contributed by atoms with E-state index in [0.717, 1.165) is 17.3 Å². The molecule has 2 unspecified atom stereocenters. The number of carboxylic acid groups (broad SMARTS) is 1. The van der Waals surface area contributed by atoms with Crippen molar-refractivity contribution in [2.24, 2.45) is 5.92 Å². The molecule has 0 amide bonds. The summed E-state index contributed by atoms with van der Waals surface area (Å²) in [6.45, 7) is 3.09.